The highest BCUT2D eigenvalue weighted by Gasteiger charge is 2.19. The molecule has 0 unspecified atom stereocenters. The molecule has 0 aromatic carbocycles. The average molecular weight is 357 g/mol. The molecule has 0 saturated carbocycles. The number of hydrogen-bond acceptors (Lipinski definition) is 5. The Balaban J connectivity index is 2.38. The van der Waals surface area contributed by atoms with Crippen molar-refractivity contribution in [2.75, 3.05) is 17.1 Å². The zero-order chi connectivity index (χ0) is 14.8. The van der Waals surface area contributed by atoms with Gasteiger partial charge in [-0.1, -0.05) is 0 Å². The number of nitrogens with zero attached hydrogens (tertiary/aromatic N) is 2. The number of anilines is 2. The monoisotopic (exact) mass is 356 g/mol. The van der Waals surface area contributed by atoms with E-state index in [1.807, 2.05) is 6.92 Å². The lowest BCUT2D eigenvalue weighted by Crippen LogP contribution is -2.16. The summed E-state index contributed by atoms with van der Waals surface area (Å²) in [6.45, 7) is 1.85. The molecule has 2 heterocycles. The summed E-state index contributed by atoms with van der Waals surface area (Å²) in [5, 5.41) is 2.82. The maximum Gasteiger partial charge on any atom is 0.266 e. The normalized spacial score (nSPS) is 11.2. The van der Waals surface area contributed by atoms with Crippen LogP contribution in [0.2, 0.25) is 0 Å². The zero-order valence-corrected chi connectivity index (χ0v) is 13.3. The molecule has 0 spiro atoms. The average Bonchev–Trinajstić information content (AvgIpc) is 2.42. The fraction of sp³-hybridized carbons (Fsp3) is 0.167. The molecule has 0 radical (unpaired) electrons. The summed E-state index contributed by atoms with van der Waals surface area (Å²) < 4.78 is 27.9. The second kappa shape index (κ2) is 5.76. The van der Waals surface area contributed by atoms with E-state index in [9.17, 15) is 8.42 Å². The first-order chi connectivity index (χ1) is 9.44. The van der Waals surface area contributed by atoms with Crippen molar-refractivity contribution in [2.24, 2.45) is 0 Å². The highest BCUT2D eigenvalue weighted by Crippen LogP contribution is 2.23. The largest absolute Gasteiger partial charge is 0.387 e. The van der Waals surface area contributed by atoms with Crippen LogP contribution in [0.15, 0.2) is 40.1 Å². The Labute approximate surface area is 125 Å². The van der Waals surface area contributed by atoms with Crippen LogP contribution < -0.4 is 10.0 Å². The van der Waals surface area contributed by atoms with E-state index in [4.69, 9.17) is 0 Å². The molecule has 0 aliphatic rings. The number of halogens is 1. The van der Waals surface area contributed by atoms with Crippen LogP contribution in [0.1, 0.15) is 5.56 Å². The van der Waals surface area contributed by atoms with Gasteiger partial charge in [0.1, 0.15) is 10.7 Å². The van der Waals surface area contributed by atoms with Crippen molar-refractivity contribution in [3.63, 3.8) is 0 Å². The molecule has 8 heteroatoms. The SMILES string of the molecule is CNc1ccncc1S(=O)(=O)Nc1cc(C)c(Br)cn1. The van der Waals surface area contributed by atoms with E-state index < -0.39 is 10.0 Å². The van der Waals surface area contributed by atoms with E-state index in [0.29, 0.717) is 5.69 Å². The van der Waals surface area contributed by atoms with Crippen molar-refractivity contribution in [1.29, 1.82) is 0 Å². The molecule has 0 amide bonds. The number of nitrogens with one attached hydrogen (secondary N) is 2. The molecule has 0 aliphatic heterocycles. The van der Waals surface area contributed by atoms with Crippen LogP contribution >= 0.6 is 15.9 Å². The van der Waals surface area contributed by atoms with Gasteiger partial charge in [-0.2, -0.15) is 0 Å². The number of pyridine rings is 2. The zero-order valence-electron chi connectivity index (χ0n) is 10.9. The van der Waals surface area contributed by atoms with E-state index in [1.54, 1.807) is 25.4 Å². The van der Waals surface area contributed by atoms with Gasteiger partial charge in [0.05, 0.1) is 5.69 Å². The standard InChI is InChI=1S/C12H13BrN4O2S/c1-8-5-12(16-6-9(8)13)17-20(18,19)11-7-15-4-3-10(11)14-2/h3-7H,1-2H3,(H,14,15)(H,16,17). The molecular weight excluding hydrogens is 344 g/mol. The van der Waals surface area contributed by atoms with Crippen molar-refractivity contribution in [1.82, 2.24) is 9.97 Å². The van der Waals surface area contributed by atoms with Gasteiger partial charge in [0.25, 0.3) is 10.0 Å². The fourth-order valence-corrected chi connectivity index (χ4v) is 2.96. The second-order valence-electron chi connectivity index (χ2n) is 4.05. The summed E-state index contributed by atoms with van der Waals surface area (Å²) in [6.07, 6.45) is 4.36. The number of sulfonamides is 1. The molecular formula is C12H13BrN4O2S. The van der Waals surface area contributed by atoms with Gasteiger partial charge >= 0.3 is 0 Å². The lowest BCUT2D eigenvalue weighted by molar-refractivity contribution is 0.601. The van der Waals surface area contributed by atoms with Crippen LogP contribution in [0.25, 0.3) is 0 Å². The van der Waals surface area contributed by atoms with Crippen LogP contribution in [-0.2, 0) is 10.0 Å². The second-order valence-corrected chi connectivity index (χ2v) is 6.55. The molecule has 0 aliphatic carbocycles. The lowest BCUT2D eigenvalue weighted by Gasteiger charge is -2.11. The van der Waals surface area contributed by atoms with Gasteiger partial charge < -0.3 is 5.32 Å². The Morgan fingerprint density at radius 1 is 1.30 bits per heavy atom. The minimum Gasteiger partial charge on any atom is -0.387 e. The third-order valence-electron chi connectivity index (χ3n) is 2.63. The molecule has 2 rings (SSSR count). The third kappa shape index (κ3) is 3.07. The quantitative estimate of drug-likeness (QED) is 0.878. The molecule has 2 N–H and O–H groups in total. The minimum absolute atomic E-state index is 0.0740. The van der Waals surface area contributed by atoms with E-state index in [-0.39, 0.29) is 10.7 Å². The maximum absolute atomic E-state index is 12.3. The van der Waals surface area contributed by atoms with Crippen LogP contribution in [0, 0.1) is 6.92 Å². The highest BCUT2D eigenvalue weighted by molar-refractivity contribution is 9.10. The Kier molecular flexibility index (Phi) is 4.24. The maximum atomic E-state index is 12.3. The summed E-state index contributed by atoms with van der Waals surface area (Å²) in [5.41, 5.74) is 1.36. The Hall–Kier alpha value is -1.67. The Morgan fingerprint density at radius 2 is 2.05 bits per heavy atom. The van der Waals surface area contributed by atoms with Crippen LogP contribution in [-0.4, -0.2) is 25.4 Å². The van der Waals surface area contributed by atoms with E-state index >= 15 is 0 Å². The summed E-state index contributed by atoms with van der Waals surface area (Å²) >= 11 is 3.32. The van der Waals surface area contributed by atoms with E-state index in [1.165, 1.54) is 12.4 Å². The highest BCUT2D eigenvalue weighted by atomic mass is 79.9. The molecule has 0 atom stereocenters. The minimum atomic E-state index is -3.74. The third-order valence-corrected chi connectivity index (χ3v) is 4.84. The topological polar surface area (TPSA) is 84.0 Å². The van der Waals surface area contributed by atoms with Gasteiger partial charge in [-0.05, 0) is 40.5 Å². The predicted molar refractivity (Wildman–Crippen MR) is 81.3 cm³/mol. The summed E-state index contributed by atoms with van der Waals surface area (Å²) in [5.74, 6) is 0.261. The number of aryl methyl sites for hydroxylation is 1. The van der Waals surface area contributed by atoms with Gasteiger partial charge in [-0.15, -0.1) is 0 Å². The molecule has 0 fully saturated rings. The van der Waals surface area contributed by atoms with Gasteiger partial charge in [0.2, 0.25) is 0 Å². The van der Waals surface area contributed by atoms with Crippen LogP contribution in [0.5, 0.6) is 0 Å². The number of rotatable bonds is 4. The molecule has 20 heavy (non-hydrogen) atoms. The van der Waals surface area contributed by atoms with Crippen molar-refractivity contribution in [3.8, 4) is 0 Å². The van der Waals surface area contributed by atoms with Crippen LogP contribution in [0.3, 0.4) is 0 Å². The molecule has 0 saturated heterocycles. The first-order valence-electron chi connectivity index (χ1n) is 5.71. The van der Waals surface area contributed by atoms with Crippen molar-refractivity contribution in [3.05, 3.63) is 40.8 Å². The van der Waals surface area contributed by atoms with Gasteiger partial charge in [0, 0.05) is 30.1 Å². The smallest absolute Gasteiger partial charge is 0.266 e. The van der Waals surface area contributed by atoms with Gasteiger partial charge in [0.15, 0.2) is 0 Å². The lowest BCUT2D eigenvalue weighted by atomic mass is 10.3. The molecule has 106 valence electrons. The first-order valence-corrected chi connectivity index (χ1v) is 7.98. The van der Waals surface area contributed by atoms with E-state index in [2.05, 4.69) is 35.9 Å². The molecule has 0 bridgehead atoms. The van der Waals surface area contributed by atoms with E-state index in [0.717, 1.165) is 10.0 Å². The summed E-state index contributed by atoms with van der Waals surface area (Å²) in [7, 11) is -2.09. The fourth-order valence-electron chi connectivity index (χ4n) is 1.59. The Morgan fingerprint density at radius 3 is 2.70 bits per heavy atom. The predicted octanol–water partition coefficient (Wildman–Crippen LogP) is 2.39. The Bertz CT molecular complexity index is 734. The van der Waals surface area contributed by atoms with Crippen LogP contribution in [0.4, 0.5) is 11.5 Å². The first kappa shape index (κ1) is 14.7. The van der Waals surface area contributed by atoms with Gasteiger partial charge in [-0.25, -0.2) is 13.4 Å². The molecule has 2 aromatic heterocycles. The van der Waals surface area contributed by atoms with Crippen molar-refractivity contribution < 1.29 is 8.42 Å². The number of aromatic nitrogens is 2. The molecule has 6 nitrogen and oxygen atoms in total. The van der Waals surface area contributed by atoms with Crippen molar-refractivity contribution >= 4 is 37.5 Å². The number of hydrogen-bond donors (Lipinski definition) is 2. The summed E-state index contributed by atoms with van der Waals surface area (Å²) in [4.78, 5) is 7.95. The van der Waals surface area contributed by atoms with Crippen molar-refractivity contribution in [2.45, 2.75) is 11.8 Å². The van der Waals surface area contributed by atoms with Gasteiger partial charge in [-0.3, -0.25) is 9.71 Å². The summed E-state index contributed by atoms with van der Waals surface area (Å²) in [6, 6.07) is 3.24. The molecule has 2 aromatic rings.